The van der Waals surface area contributed by atoms with E-state index in [1.165, 1.54) is 0 Å². The predicted molar refractivity (Wildman–Crippen MR) is 156 cm³/mol. The number of methoxy groups -OCH3 is 1. The van der Waals surface area contributed by atoms with E-state index >= 15 is 0 Å². The summed E-state index contributed by atoms with van der Waals surface area (Å²) in [6.45, 7) is 13.0. The minimum Gasteiger partial charge on any atom is -0.497 e. The van der Waals surface area contributed by atoms with E-state index < -0.39 is 17.3 Å². The van der Waals surface area contributed by atoms with Gasteiger partial charge in [-0.25, -0.2) is 19.3 Å². The molecular weight excluding hydrogens is 524 g/mol. The molecule has 0 saturated heterocycles. The van der Waals surface area contributed by atoms with E-state index in [0.29, 0.717) is 38.4 Å². The molecule has 0 fully saturated rings. The number of nitrogens with zero attached hydrogens (tertiary/aromatic N) is 4. The number of hydrogen-bond donors (Lipinski definition) is 2. The van der Waals surface area contributed by atoms with Gasteiger partial charge < -0.3 is 24.8 Å². The first kappa shape index (κ1) is 29.7. The third-order valence-corrected chi connectivity index (χ3v) is 6.01. The average molecular weight is 565 g/mol. The van der Waals surface area contributed by atoms with Gasteiger partial charge in [0.15, 0.2) is 5.82 Å². The van der Waals surface area contributed by atoms with Gasteiger partial charge >= 0.3 is 12.2 Å². The maximum atomic E-state index is 12.5. The topological polar surface area (TPSA) is 120 Å². The molecule has 3 aromatic rings. The number of carbonyl (C=O) groups is 2. The Morgan fingerprint density at radius 2 is 1.66 bits per heavy atom. The van der Waals surface area contributed by atoms with Crippen LogP contribution in [-0.4, -0.2) is 63.3 Å². The number of pyridine rings is 1. The molecule has 2 N–H and O–H groups in total. The van der Waals surface area contributed by atoms with Crippen LogP contribution in [0.3, 0.4) is 0 Å². The number of amides is 2. The standard InChI is InChI=1S/C30H40N6O5/c1-29(2,3)40-27(37)32-14-8-13-31-22-15-24(20-9-11-23(39-7)12-10-20)33-26(16-22)36-18-21-17-35(19-25(21)34-36)28(38)41-30(4,5)6/h9-12,15-16,18H,8,13-14,17,19H2,1-7H3,(H,31,33)(H,32,37). The van der Waals surface area contributed by atoms with Crippen LogP contribution in [0.2, 0.25) is 0 Å². The zero-order chi connectivity index (χ0) is 29.8. The van der Waals surface area contributed by atoms with Gasteiger partial charge in [-0.05, 0) is 78.3 Å². The van der Waals surface area contributed by atoms with Gasteiger partial charge in [-0.1, -0.05) is 0 Å². The van der Waals surface area contributed by atoms with Crippen molar-refractivity contribution in [2.24, 2.45) is 0 Å². The first-order valence-electron chi connectivity index (χ1n) is 13.7. The largest absolute Gasteiger partial charge is 0.497 e. The Labute approximate surface area is 241 Å². The van der Waals surface area contributed by atoms with E-state index in [2.05, 4.69) is 10.6 Å². The van der Waals surface area contributed by atoms with Crippen LogP contribution in [-0.2, 0) is 22.6 Å². The van der Waals surface area contributed by atoms with Gasteiger partial charge in [0.25, 0.3) is 0 Å². The normalized spacial score (nSPS) is 13.0. The highest BCUT2D eigenvalue weighted by molar-refractivity contribution is 5.69. The number of ether oxygens (including phenoxy) is 3. The third kappa shape index (κ3) is 8.36. The fraction of sp³-hybridized carbons (Fsp3) is 0.467. The highest BCUT2D eigenvalue weighted by Gasteiger charge is 2.30. The van der Waals surface area contributed by atoms with E-state index in [4.69, 9.17) is 24.3 Å². The van der Waals surface area contributed by atoms with Crippen molar-refractivity contribution < 1.29 is 23.8 Å². The second kappa shape index (κ2) is 12.1. The number of hydrogen-bond acceptors (Lipinski definition) is 8. The lowest BCUT2D eigenvalue weighted by atomic mass is 10.1. The monoisotopic (exact) mass is 564 g/mol. The summed E-state index contributed by atoms with van der Waals surface area (Å²) in [5.74, 6) is 1.41. The predicted octanol–water partition coefficient (Wildman–Crippen LogP) is 5.52. The molecule has 0 radical (unpaired) electrons. The lowest BCUT2D eigenvalue weighted by Crippen LogP contribution is -2.33. The summed E-state index contributed by atoms with van der Waals surface area (Å²) in [6.07, 6.45) is 1.83. The van der Waals surface area contributed by atoms with Crippen molar-refractivity contribution in [3.05, 3.63) is 53.9 Å². The van der Waals surface area contributed by atoms with Gasteiger partial charge in [0, 0.05) is 42.2 Å². The summed E-state index contributed by atoms with van der Waals surface area (Å²) < 4.78 is 17.9. The quantitative estimate of drug-likeness (QED) is 0.343. The molecular formula is C30H40N6O5. The molecule has 2 amide bonds. The number of carbonyl (C=O) groups excluding carboxylic acids is 2. The highest BCUT2D eigenvalue weighted by Crippen LogP contribution is 2.28. The van der Waals surface area contributed by atoms with Crippen LogP contribution in [0.5, 0.6) is 5.75 Å². The average Bonchev–Trinajstić information content (AvgIpc) is 3.46. The molecule has 0 saturated carbocycles. The second-order valence-electron chi connectivity index (χ2n) is 11.9. The molecule has 1 aliphatic heterocycles. The summed E-state index contributed by atoms with van der Waals surface area (Å²) in [4.78, 5) is 31.0. The molecule has 220 valence electrons. The Balaban J connectivity index is 1.48. The van der Waals surface area contributed by atoms with Crippen LogP contribution in [0.15, 0.2) is 42.6 Å². The van der Waals surface area contributed by atoms with Crippen LogP contribution >= 0.6 is 0 Å². The zero-order valence-electron chi connectivity index (χ0n) is 24.9. The number of alkyl carbamates (subject to hydrolysis) is 1. The first-order chi connectivity index (χ1) is 19.3. The summed E-state index contributed by atoms with van der Waals surface area (Å²) in [5.41, 5.74) is 3.24. The molecule has 11 nitrogen and oxygen atoms in total. The van der Waals surface area contributed by atoms with Gasteiger partial charge in [0.1, 0.15) is 17.0 Å². The van der Waals surface area contributed by atoms with Crippen LogP contribution < -0.4 is 15.4 Å². The van der Waals surface area contributed by atoms with Crippen LogP contribution in [0.25, 0.3) is 17.1 Å². The number of fused-ring (bicyclic) bond motifs is 1. The Morgan fingerprint density at radius 1 is 0.951 bits per heavy atom. The molecule has 1 aliphatic rings. The third-order valence-electron chi connectivity index (χ3n) is 6.01. The van der Waals surface area contributed by atoms with E-state index in [1.54, 1.807) is 16.7 Å². The number of nitrogens with one attached hydrogen (secondary N) is 2. The second-order valence-corrected chi connectivity index (χ2v) is 11.9. The van der Waals surface area contributed by atoms with E-state index in [-0.39, 0.29) is 6.09 Å². The van der Waals surface area contributed by atoms with Gasteiger partial charge in [-0.2, -0.15) is 5.10 Å². The number of benzene rings is 1. The van der Waals surface area contributed by atoms with Crippen LogP contribution in [0, 0.1) is 0 Å². The molecule has 41 heavy (non-hydrogen) atoms. The first-order valence-corrected chi connectivity index (χ1v) is 13.7. The SMILES string of the molecule is COc1ccc(-c2cc(NCCCNC(=O)OC(C)(C)C)cc(-n3cc4c(n3)CN(C(=O)OC(C)(C)C)C4)n2)cc1. The zero-order valence-corrected chi connectivity index (χ0v) is 24.9. The fourth-order valence-electron chi connectivity index (χ4n) is 4.20. The highest BCUT2D eigenvalue weighted by atomic mass is 16.6. The van der Waals surface area contributed by atoms with Crippen molar-refractivity contribution in [1.82, 2.24) is 25.0 Å². The van der Waals surface area contributed by atoms with Gasteiger partial charge in [0.2, 0.25) is 0 Å². The van der Waals surface area contributed by atoms with Crippen LogP contribution in [0.1, 0.15) is 59.2 Å². The lowest BCUT2D eigenvalue weighted by Gasteiger charge is -2.24. The van der Waals surface area contributed by atoms with Crippen molar-refractivity contribution in [1.29, 1.82) is 0 Å². The Morgan fingerprint density at radius 3 is 2.29 bits per heavy atom. The van der Waals surface area contributed by atoms with Crippen molar-refractivity contribution in [2.75, 3.05) is 25.5 Å². The van der Waals surface area contributed by atoms with Gasteiger partial charge in [-0.3, -0.25) is 4.90 Å². The Bertz CT molecular complexity index is 1350. The molecule has 3 heterocycles. The number of aromatic nitrogens is 3. The van der Waals surface area contributed by atoms with Crippen molar-refractivity contribution in [3.63, 3.8) is 0 Å². The number of anilines is 1. The van der Waals surface area contributed by atoms with E-state index in [1.807, 2.05) is 84.1 Å². The molecule has 0 unspecified atom stereocenters. The maximum absolute atomic E-state index is 12.5. The Hall–Kier alpha value is -4.28. The van der Waals surface area contributed by atoms with Gasteiger partial charge in [-0.15, -0.1) is 0 Å². The summed E-state index contributed by atoms with van der Waals surface area (Å²) in [7, 11) is 1.63. The molecule has 0 atom stereocenters. The molecule has 0 aliphatic carbocycles. The summed E-state index contributed by atoms with van der Waals surface area (Å²) >= 11 is 0. The molecule has 11 heteroatoms. The summed E-state index contributed by atoms with van der Waals surface area (Å²) in [5, 5.41) is 11.0. The molecule has 0 spiro atoms. The van der Waals surface area contributed by atoms with Gasteiger partial charge in [0.05, 0.1) is 31.6 Å². The fourth-order valence-corrected chi connectivity index (χ4v) is 4.20. The maximum Gasteiger partial charge on any atom is 0.410 e. The minimum atomic E-state index is -0.558. The molecule has 1 aromatic carbocycles. The molecule has 2 aromatic heterocycles. The lowest BCUT2D eigenvalue weighted by molar-refractivity contribution is 0.0239. The van der Waals surface area contributed by atoms with Crippen molar-refractivity contribution in [3.8, 4) is 22.8 Å². The molecule has 4 rings (SSSR count). The van der Waals surface area contributed by atoms with E-state index in [9.17, 15) is 9.59 Å². The van der Waals surface area contributed by atoms with Crippen molar-refractivity contribution in [2.45, 2.75) is 72.3 Å². The van der Waals surface area contributed by atoms with Crippen molar-refractivity contribution >= 4 is 17.9 Å². The van der Waals surface area contributed by atoms with E-state index in [0.717, 1.165) is 34.0 Å². The van der Waals surface area contributed by atoms with Crippen LogP contribution in [0.4, 0.5) is 15.3 Å². The smallest absolute Gasteiger partial charge is 0.410 e. The number of rotatable bonds is 8. The minimum absolute atomic E-state index is 0.352. The Kier molecular flexibility index (Phi) is 8.74. The molecule has 0 bridgehead atoms. The summed E-state index contributed by atoms with van der Waals surface area (Å²) in [6, 6.07) is 11.6.